The number of nitrogens with one attached hydrogen (secondary N) is 1. The molecule has 0 fully saturated rings. The van der Waals surface area contributed by atoms with Crippen LogP contribution in [0.15, 0.2) is 54.6 Å². The molecule has 0 saturated heterocycles. The Morgan fingerprint density at radius 3 is 2.52 bits per heavy atom. The highest BCUT2D eigenvalue weighted by molar-refractivity contribution is 5.76. The van der Waals surface area contributed by atoms with Gasteiger partial charge in [-0.3, -0.25) is 4.79 Å². The number of para-hydroxylation sites is 1. The van der Waals surface area contributed by atoms with Crippen LogP contribution in [0, 0.1) is 5.82 Å². The molecule has 0 heterocycles. The highest BCUT2D eigenvalue weighted by Gasteiger charge is 2.16. The van der Waals surface area contributed by atoms with E-state index in [0.29, 0.717) is 19.4 Å². The fourth-order valence-electron chi connectivity index (χ4n) is 2.17. The monoisotopic (exact) mass is 316 g/mol. The van der Waals surface area contributed by atoms with E-state index in [1.54, 1.807) is 18.2 Å². The number of rotatable bonds is 8. The summed E-state index contributed by atoms with van der Waals surface area (Å²) in [6.07, 6.45) is 0.987. The Hall–Kier alpha value is -2.40. The third kappa shape index (κ3) is 5.38. The van der Waals surface area contributed by atoms with Gasteiger partial charge in [-0.15, -0.1) is 0 Å². The van der Waals surface area contributed by atoms with Crippen LogP contribution in [-0.4, -0.2) is 19.1 Å². The van der Waals surface area contributed by atoms with Crippen molar-refractivity contribution in [1.82, 2.24) is 5.32 Å². The summed E-state index contributed by atoms with van der Waals surface area (Å²) < 4.78 is 19.2. The molecule has 2 aromatic rings. The molecule has 0 spiro atoms. The SMILES string of the molecule is NCCCC(=O)NC(COc1ccccc1F)c1ccccc1. The summed E-state index contributed by atoms with van der Waals surface area (Å²) in [7, 11) is 0. The number of amides is 1. The van der Waals surface area contributed by atoms with Crippen LogP contribution in [0.25, 0.3) is 0 Å². The van der Waals surface area contributed by atoms with Crippen LogP contribution >= 0.6 is 0 Å². The van der Waals surface area contributed by atoms with Crippen LogP contribution in [-0.2, 0) is 4.79 Å². The van der Waals surface area contributed by atoms with Crippen molar-refractivity contribution >= 4 is 5.91 Å². The number of hydrogen-bond donors (Lipinski definition) is 2. The molecule has 1 atom stereocenters. The number of hydrogen-bond acceptors (Lipinski definition) is 3. The summed E-state index contributed by atoms with van der Waals surface area (Å²) in [5, 5.41) is 2.92. The molecule has 0 aliphatic heterocycles. The lowest BCUT2D eigenvalue weighted by Gasteiger charge is -2.20. The van der Waals surface area contributed by atoms with E-state index >= 15 is 0 Å². The minimum Gasteiger partial charge on any atom is -0.488 e. The van der Waals surface area contributed by atoms with E-state index in [-0.39, 0.29) is 24.3 Å². The molecule has 0 aromatic heterocycles. The minimum absolute atomic E-state index is 0.0959. The maximum atomic E-state index is 13.6. The van der Waals surface area contributed by atoms with Gasteiger partial charge in [-0.1, -0.05) is 42.5 Å². The summed E-state index contributed by atoms with van der Waals surface area (Å²) in [5.74, 6) is -0.347. The van der Waals surface area contributed by atoms with E-state index in [1.807, 2.05) is 30.3 Å². The first kappa shape index (κ1) is 17.0. The lowest BCUT2D eigenvalue weighted by molar-refractivity contribution is -0.122. The Morgan fingerprint density at radius 2 is 1.83 bits per heavy atom. The third-order valence-electron chi connectivity index (χ3n) is 3.39. The minimum atomic E-state index is -0.422. The van der Waals surface area contributed by atoms with Crippen molar-refractivity contribution in [1.29, 1.82) is 0 Å². The van der Waals surface area contributed by atoms with Crippen LogP contribution in [0.4, 0.5) is 4.39 Å². The predicted molar refractivity (Wildman–Crippen MR) is 87.5 cm³/mol. The fraction of sp³-hybridized carbons (Fsp3) is 0.278. The van der Waals surface area contributed by atoms with Gasteiger partial charge in [0.2, 0.25) is 5.91 Å². The van der Waals surface area contributed by atoms with Crippen molar-refractivity contribution in [3.63, 3.8) is 0 Å². The quantitative estimate of drug-likeness (QED) is 0.787. The summed E-state index contributed by atoms with van der Waals surface area (Å²) in [5.41, 5.74) is 6.33. The molecule has 23 heavy (non-hydrogen) atoms. The molecule has 1 amide bonds. The number of carbonyl (C=O) groups excluding carboxylic acids is 1. The smallest absolute Gasteiger partial charge is 0.220 e. The topological polar surface area (TPSA) is 64.4 Å². The van der Waals surface area contributed by atoms with Gasteiger partial charge in [0.25, 0.3) is 0 Å². The molecule has 2 aromatic carbocycles. The molecule has 0 aliphatic carbocycles. The van der Waals surface area contributed by atoms with Gasteiger partial charge in [0.15, 0.2) is 11.6 Å². The fourth-order valence-corrected chi connectivity index (χ4v) is 2.17. The molecule has 5 heteroatoms. The molecule has 4 nitrogen and oxygen atoms in total. The van der Waals surface area contributed by atoms with Crippen molar-refractivity contribution in [3.05, 3.63) is 66.0 Å². The first-order valence-corrected chi connectivity index (χ1v) is 7.62. The molecule has 0 bridgehead atoms. The molecule has 2 rings (SSSR count). The van der Waals surface area contributed by atoms with Crippen molar-refractivity contribution < 1.29 is 13.9 Å². The lowest BCUT2D eigenvalue weighted by atomic mass is 10.1. The Morgan fingerprint density at radius 1 is 1.13 bits per heavy atom. The first-order chi connectivity index (χ1) is 11.2. The van der Waals surface area contributed by atoms with E-state index in [4.69, 9.17) is 10.5 Å². The Balaban J connectivity index is 2.04. The van der Waals surface area contributed by atoms with Crippen LogP contribution in [0.1, 0.15) is 24.4 Å². The largest absolute Gasteiger partial charge is 0.488 e. The van der Waals surface area contributed by atoms with Gasteiger partial charge in [-0.2, -0.15) is 0 Å². The van der Waals surface area contributed by atoms with Gasteiger partial charge in [-0.25, -0.2) is 4.39 Å². The average Bonchev–Trinajstić information content (AvgIpc) is 2.58. The highest BCUT2D eigenvalue weighted by Crippen LogP contribution is 2.19. The summed E-state index contributed by atoms with van der Waals surface area (Å²) in [4.78, 5) is 12.0. The standard InChI is InChI=1S/C18H21FN2O2/c19-15-9-4-5-10-17(15)23-13-16(14-7-2-1-3-8-14)21-18(22)11-6-12-20/h1-5,7-10,16H,6,11-13,20H2,(H,21,22). The molecule has 122 valence electrons. The summed E-state index contributed by atoms with van der Waals surface area (Å²) in [6.45, 7) is 0.620. The zero-order chi connectivity index (χ0) is 16.5. The Labute approximate surface area is 135 Å². The first-order valence-electron chi connectivity index (χ1n) is 7.62. The van der Waals surface area contributed by atoms with E-state index in [2.05, 4.69) is 5.32 Å². The van der Waals surface area contributed by atoms with Gasteiger partial charge in [-0.05, 0) is 30.7 Å². The second-order valence-electron chi connectivity index (χ2n) is 5.16. The Kier molecular flexibility index (Phi) is 6.56. The van der Waals surface area contributed by atoms with E-state index in [1.165, 1.54) is 6.07 Å². The number of benzene rings is 2. The maximum absolute atomic E-state index is 13.6. The van der Waals surface area contributed by atoms with Gasteiger partial charge in [0.05, 0.1) is 6.04 Å². The molecule has 0 aliphatic rings. The van der Waals surface area contributed by atoms with Crippen molar-refractivity contribution in [2.24, 2.45) is 5.73 Å². The Bertz CT molecular complexity index is 619. The number of nitrogens with two attached hydrogens (primary N) is 1. The average molecular weight is 316 g/mol. The number of ether oxygens (including phenoxy) is 1. The highest BCUT2D eigenvalue weighted by atomic mass is 19.1. The van der Waals surface area contributed by atoms with Crippen LogP contribution in [0.3, 0.4) is 0 Å². The van der Waals surface area contributed by atoms with Gasteiger partial charge in [0.1, 0.15) is 6.61 Å². The van der Waals surface area contributed by atoms with Gasteiger partial charge < -0.3 is 15.8 Å². The van der Waals surface area contributed by atoms with Crippen molar-refractivity contribution in [2.75, 3.05) is 13.2 Å². The summed E-state index contributed by atoms with van der Waals surface area (Å²) >= 11 is 0. The molecular formula is C18H21FN2O2. The van der Waals surface area contributed by atoms with Crippen LogP contribution < -0.4 is 15.8 Å². The van der Waals surface area contributed by atoms with Crippen molar-refractivity contribution in [2.45, 2.75) is 18.9 Å². The number of carbonyl (C=O) groups is 1. The molecule has 0 radical (unpaired) electrons. The number of halogens is 1. The summed E-state index contributed by atoms with van der Waals surface area (Å²) in [6, 6.07) is 15.3. The van der Waals surface area contributed by atoms with Gasteiger partial charge in [0, 0.05) is 6.42 Å². The second-order valence-corrected chi connectivity index (χ2v) is 5.16. The van der Waals surface area contributed by atoms with E-state index < -0.39 is 5.82 Å². The predicted octanol–water partition coefficient (Wildman–Crippen LogP) is 2.80. The van der Waals surface area contributed by atoms with E-state index in [0.717, 1.165) is 5.56 Å². The van der Waals surface area contributed by atoms with Crippen LogP contribution in [0.5, 0.6) is 5.75 Å². The second kappa shape index (κ2) is 8.90. The van der Waals surface area contributed by atoms with Crippen molar-refractivity contribution in [3.8, 4) is 5.75 Å². The zero-order valence-electron chi connectivity index (χ0n) is 12.9. The molecule has 3 N–H and O–H groups in total. The normalized spacial score (nSPS) is 11.7. The molecular weight excluding hydrogens is 295 g/mol. The molecule has 1 unspecified atom stereocenters. The van der Waals surface area contributed by atoms with Gasteiger partial charge >= 0.3 is 0 Å². The van der Waals surface area contributed by atoms with E-state index in [9.17, 15) is 9.18 Å². The maximum Gasteiger partial charge on any atom is 0.220 e. The zero-order valence-corrected chi connectivity index (χ0v) is 12.9. The lowest BCUT2D eigenvalue weighted by Crippen LogP contribution is -2.32. The third-order valence-corrected chi connectivity index (χ3v) is 3.39. The molecule has 0 saturated carbocycles. The van der Waals surface area contributed by atoms with Crippen LogP contribution in [0.2, 0.25) is 0 Å².